The van der Waals surface area contributed by atoms with Gasteiger partial charge in [-0.05, 0) is 24.5 Å². The molecule has 3 rings (SSSR count). The molecule has 2 aromatic rings. The van der Waals surface area contributed by atoms with E-state index in [0.29, 0.717) is 5.92 Å². The molecule has 3 nitrogen and oxygen atoms in total. The molecule has 82 valence electrons. The lowest BCUT2D eigenvalue weighted by Crippen LogP contribution is -2.24. The molecule has 4 heteroatoms. The molecule has 0 amide bonds. The third-order valence-corrected chi connectivity index (χ3v) is 3.75. The van der Waals surface area contributed by atoms with E-state index in [0.717, 1.165) is 17.5 Å². The van der Waals surface area contributed by atoms with Crippen LogP contribution in [0.3, 0.4) is 0 Å². The van der Waals surface area contributed by atoms with Crippen LogP contribution in [0.4, 0.5) is 5.13 Å². The fourth-order valence-electron chi connectivity index (χ4n) is 2.12. The third-order valence-electron chi connectivity index (χ3n) is 2.99. The van der Waals surface area contributed by atoms with Gasteiger partial charge in [-0.3, -0.25) is 0 Å². The van der Waals surface area contributed by atoms with Crippen LogP contribution in [0.25, 0.3) is 0 Å². The van der Waals surface area contributed by atoms with Crippen molar-refractivity contribution in [3.05, 3.63) is 41.2 Å². The molecular formula is C12H13N3S. The van der Waals surface area contributed by atoms with Crippen LogP contribution in [0.1, 0.15) is 22.9 Å². The number of rotatable bonds is 3. The second-order valence-electron chi connectivity index (χ2n) is 4.13. The molecule has 0 saturated carbocycles. The highest BCUT2D eigenvalue weighted by Crippen LogP contribution is 2.34. The summed E-state index contributed by atoms with van der Waals surface area (Å²) in [5.41, 5.74) is 2.97. The molecule has 0 radical (unpaired) electrons. The van der Waals surface area contributed by atoms with Crippen molar-refractivity contribution >= 4 is 16.7 Å². The molecule has 1 unspecified atom stereocenters. The summed E-state index contributed by atoms with van der Waals surface area (Å²) >= 11 is 1.44. The van der Waals surface area contributed by atoms with Gasteiger partial charge in [-0.2, -0.15) is 4.37 Å². The van der Waals surface area contributed by atoms with E-state index in [9.17, 15) is 0 Å². The van der Waals surface area contributed by atoms with E-state index in [4.69, 9.17) is 0 Å². The van der Waals surface area contributed by atoms with Gasteiger partial charge < -0.3 is 5.32 Å². The molecule has 1 aliphatic rings. The number of aromatic nitrogens is 2. The van der Waals surface area contributed by atoms with Gasteiger partial charge in [0.1, 0.15) is 5.82 Å². The maximum absolute atomic E-state index is 4.29. The van der Waals surface area contributed by atoms with Crippen LogP contribution in [0.5, 0.6) is 0 Å². The minimum Gasteiger partial charge on any atom is -0.360 e. The second-order valence-corrected chi connectivity index (χ2v) is 4.88. The number of fused-ring (bicyclic) bond motifs is 1. The SMILES string of the molecule is Cc1nsc(NCC2Cc3ccccc32)n1. The second kappa shape index (κ2) is 3.87. The Bertz CT molecular complexity index is 506. The van der Waals surface area contributed by atoms with Crippen molar-refractivity contribution in [1.82, 2.24) is 9.36 Å². The van der Waals surface area contributed by atoms with Crippen LogP contribution in [0, 0.1) is 6.92 Å². The molecule has 0 saturated heterocycles. The molecule has 1 N–H and O–H groups in total. The zero-order valence-corrected chi connectivity index (χ0v) is 9.92. The molecule has 1 heterocycles. The summed E-state index contributed by atoms with van der Waals surface area (Å²) in [7, 11) is 0. The van der Waals surface area contributed by atoms with Crippen LogP contribution in [-0.4, -0.2) is 15.9 Å². The van der Waals surface area contributed by atoms with Crippen LogP contribution >= 0.6 is 11.5 Å². The first-order chi connectivity index (χ1) is 7.83. The van der Waals surface area contributed by atoms with Gasteiger partial charge in [-0.15, -0.1) is 0 Å². The summed E-state index contributed by atoms with van der Waals surface area (Å²) in [6.45, 7) is 2.88. The summed E-state index contributed by atoms with van der Waals surface area (Å²) < 4.78 is 4.15. The number of hydrogen-bond donors (Lipinski definition) is 1. The number of hydrogen-bond acceptors (Lipinski definition) is 4. The van der Waals surface area contributed by atoms with Crippen molar-refractivity contribution in [1.29, 1.82) is 0 Å². The molecule has 0 spiro atoms. The summed E-state index contributed by atoms with van der Waals surface area (Å²) in [5.74, 6) is 1.49. The summed E-state index contributed by atoms with van der Waals surface area (Å²) in [6, 6.07) is 8.65. The highest BCUT2D eigenvalue weighted by molar-refractivity contribution is 7.09. The number of anilines is 1. The third kappa shape index (κ3) is 1.69. The molecule has 0 aliphatic heterocycles. The van der Waals surface area contributed by atoms with Gasteiger partial charge in [0.05, 0.1) is 0 Å². The molecule has 0 fully saturated rings. The van der Waals surface area contributed by atoms with Crippen molar-refractivity contribution in [2.24, 2.45) is 0 Å². The van der Waals surface area contributed by atoms with E-state index in [1.54, 1.807) is 0 Å². The van der Waals surface area contributed by atoms with Crippen LogP contribution in [0.15, 0.2) is 24.3 Å². The Morgan fingerprint density at radius 2 is 2.31 bits per heavy atom. The zero-order chi connectivity index (χ0) is 11.0. The van der Waals surface area contributed by atoms with Gasteiger partial charge in [0.25, 0.3) is 0 Å². The first kappa shape index (κ1) is 9.78. The smallest absolute Gasteiger partial charge is 0.202 e. The predicted molar refractivity (Wildman–Crippen MR) is 66.0 cm³/mol. The van der Waals surface area contributed by atoms with E-state index >= 15 is 0 Å². The van der Waals surface area contributed by atoms with E-state index in [1.165, 1.54) is 29.1 Å². The van der Waals surface area contributed by atoms with Crippen LogP contribution in [-0.2, 0) is 6.42 Å². The Kier molecular flexibility index (Phi) is 2.36. The van der Waals surface area contributed by atoms with Crippen molar-refractivity contribution < 1.29 is 0 Å². The monoisotopic (exact) mass is 231 g/mol. The van der Waals surface area contributed by atoms with Gasteiger partial charge in [0.2, 0.25) is 5.13 Å². The Labute approximate surface area is 98.7 Å². The largest absolute Gasteiger partial charge is 0.360 e. The zero-order valence-electron chi connectivity index (χ0n) is 9.10. The van der Waals surface area contributed by atoms with Crippen molar-refractivity contribution in [2.45, 2.75) is 19.3 Å². The average molecular weight is 231 g/mol. The highest BCUT2D eigenvalue weighted by atomic mass is 32.1. The quantitative estimate of drug-likeness (QED) is 0.882. The molecular weight excluding hydrogens is 218 g/mol. The number of aryl methyl sites for hydroxylation is 1. The van der Waals surface area contributed by atoms with Crippen molar-refractivity contribution in [3.8, 4) is 0 Å². The molecule has 16 heavy (non-hydrogen) atoms. The molecule has 1 aliphatic carbocycles. The number of nitrogens with one attached hydrogen (secondary N) is 1. The molecule has 1 aromatic carbocycles. The maximum Gasteiger partial charge on any atom is 0.202 e. The minimum absolute atomic E-state index is 0.639. The average Bonchev–Trinajstić information content (AvgIpc) is 2.66. The standard InChI is InChI=1S/C12H13N3S/c1-8-14-12(16-15-8)13-7-10-6-9-4-2-3-5-11(9)10/h2-5,10H,6-7H2,1H3,(H,13,14,15). The lowest BCUT2D eigenvalue weighted by Gasteiger charge is -2.29. The normalized spacial score (nSPS) is 17.7. The van der Waals surface area contributed by atoms with E-state index < -0.39 is 0 Å². The molecule has 1 aromatic heterocycles. The van der Waals surface area contributed by atoms with Gasteiger partial charge in [-0.25, -0.2) is 4.98 Å². The Morgan fingerprint density at radius 1 is 1.44 bits per heavy atom. The minimum atomic E-state index is 0.639. The topological polar surface area (TPSA) is 37.8 Å². The fraction of sp³-hybridized carbons (Fsp3) is 0.333. The Hall–Kier alpha value is -1.42. The van der Waals surface area contributed by atoms with Gasteiger partial charge in [0.15, 0.2) is 0 Å². The van der Waals surface area contributed by atoms with Gasteiger partial charge >= 0.3 is 0 Å². The van der Waals surface area contributed by atoms with E-state index in [2.05, 4.69) is 38.9 Å². The maximum atomic E-state index is 4.29. The Balaban J connectivity index is 1.63. The van der Waals surface area contributed by atoms with Gasteiger partial charge in [-0.1, -0.05) is 24.3 Å². The van der Waals surface area contributed by atoms with Gasteiger partial charge in [0, 0.05) is 24.0 Å². The first-order valence-electron chi connectivity index (χ1n) is 5.45. The molecule has 0 bridgehead atoms. The fourth-order valence-corrected chi connectivity index (χ4v) is 2.70. The number of nitrogens with zero attached hydrogens (tertiary/aromatic N) is 2. The summed E-state index contributed by atoms with van der Waals surface area (Å²) in [6.07, 6.45) is 1.18. The van der Waals surface area contributed by atoms with Crippen LogP contribution < -0.4 is 5.32 Å². The molecule has 1 atom stereocenters. The van der Waals surface area contributed by atoms with Crippen molar-refractivity contribution in [3.63, 3.8) is 0 Å². The van der Waals surface area contributed by atoms with Crippen LogP contribution in [0.2, 0.25) is 0 Å². The van der Waals surface area contributed by atoms with Crippen molar-refractivity contribution in [2.75, 3.05) is 11.9 Å². The summed E-state index contributed by atoms with van der Waals surface area (Å²) in [5, 5.41) is 4.29. The first-order valence-corrected chi connectivity index (χ1v) is 6.22. The lowest BCUT2D eigenvalue weighted by molar-refractivity contribution is 0.635. The lowest BCUT2D eigenvalue weighted by atomic mass is 9.78. The number of benzene rings is 1. The highest BCUT2D eigenvalue weighted by Gasteiger charge is 2.25. The van der Waals surface area contributed by atoms with E-state index in [1.807, 2.05) is 6.92 Å². The summed E-state index contributed by atoms with van der Waals surface area (Å²) in [4.78, 5) is 4.29. The Morgan fingerprint density at radius 3 is 3.06 bits per heavy atom. The predicted octanol–water partition coefficient (Wildman–Crippen LogP) is 2.60. The van der Waals surface area contributed by atoms with E-state index in [-0.39, 0.29) is 0 Å².